The Balaban J connectivity index is 1.96. The molecule has 3 rings (SSSR count). The topological polar surface area (TPSA) is 66.4 Å². The molecule has 76 valence electrons. The van der Waals surface area contributed by atoms with Crippen molar-refractivity contribution in [3.63, 3.8) is 0 Å². The van der Waals surface area contributed by atoms with Crippen molar-refractivity contribution < 1.29 is 23.7 Å². The summed E-state index contributed by atoms with van der Waals surface area (Å²) in [6.07, 6.45) is 0.0152. The molecule has 1 fully saturated rings. The second-order valence-electron chi connectivity index (χ2n) is 2.94. The van der Waals surface area contributed by atoms with Gasteiger partial charge in [0.25, 0.3) is 0 Å². The maximum Gasteiger partial charge on any atom is 0.514 e. The summed E-state index contributed by atoms with van der Waals surface area (Å²) >= 11 is 0. The van der Waals surface area contributed by atoms with Gasteiger partial charge in [0.2, 0.25) is 6.08 Å². The van der Waals surface area contributed by atoms with E-state index in [1.165, 1.54) is 6.08 Å². The molecule has 0 aromatic heterocycles. The van der Waals surface area contributed by atoms with Crippen LogP contribution in [0.1, 0.15) is 0 Å². The fourth-order valence-corrected chi connectivity index (χ4v) is 1.35. The highest BCUT2D eigenvalue weighted by Crippen LogP contribution is 2.44. The van der Waals surface area contributed by atoms with Gasteiger partial charge < -0.3 is 9.47 Å². The molecule has 0 bridgehead atoms. The lowest BCUT2D eigenvalue weighted by Crippen LogP contribution is -2.53. The summed E-state index contributed by atoms with van der Waals surface area (Å²) < 4.78 is 20.5. The molecule has 1 aromatic carbocycles. The van der Waals surface area contributed by atoms with E-state index in [1.807, 2.05) is 0 Å². The predicted molar refractivity (Wildman–Crippen MR) is 45.2 cm³/mol. The summed E-state index contributed by atoms with van der Waals surface area (Å²) in [5, 5.41) is 0. The number of rotatable bonds is 1. The number of ether oxygens (including phenoxy) is 4. The maximum atomic E-state index is 10.1. The highest BCUT2D eigenvalue weighted by Gasteiger charge is 2.52. The van der Waals surface area contributed by atoms with Crippen molar-refractivity contribution in [2.75, 3.05) is 6.79 Å². The van der Waals surface area contributed by atoms with E-state index < -0.39 is 6.16 Å². The molecule has 0 atom stereocenters. The van der Waals surface area contributed by atoms with Gasteiger partial charge in [0.1, 0.15) is 0 Å². The van der Waals surface area contributed by atoms with Gasteiger partial charge in [-0.2, -0.15) is 4.99 Å². The van der Waals surface area contributed by atoms with Crippen LogP contribution in [-0.2, 0) is 14.3 Å². The molecule has 6 nitrogen and oxygen atoms in total. The first-order valence-corrected chi connectivity index (χ1v) is 4.19. The van der Waals surface area contributed by atoms with E-state index in [-0.39, 0.29) is 6.79 Å². The number of carbonyl (C=O) groups excluding carboxylic acids is 1. The highest BCUT2D eigenvalue weighted by molar-refractivity contribution is 5.56. The van der Waals surface area contributed by atoms with Crippen LogP contribution in [0.5, 0.6) is 11.5 Å². The molecular formula is C9H5NO5. The lowest BCUT2D eigenvalue weighted by Gasteiger charge is -2.32. The first-order chi connectivity index (χ1) is 7.31. The van der Waals surface area contributed by atoms with Crippen LogP contribution >= 0.6 is 0 Å². The molecule has 6 heteroatoms. The fraction of sp³-hybridized carbons (Fsp3) is 0.222. The molecule has 0 amide bonds. The molecule has 0 radical (unpaired) electrons. The van der Waals surface area contributed by atoms with E-state index in [0.29, 0.717) is 17.2 Å². The summed E-state index contributed by atoms with van der Waals surface area (Å²) in [5.74, 6) is 0.908. The van der Waals surface area contributed by atoms with Crippen LogP contribution in [0.2, 0.25) is 0 Å². The van der Waals surface area contributed by atoms with Crippen LogP contribution < -0.4 is 9.47 Å². The molecule has 0 N–H and O–H groups in total. The Morgan fingerprint density at radius 2 is 2.07 bits per heavy atom. The number of nitrogens with zero attached hydrogens (tertiary/aromatic N) is 1. The molecule has 0 aliphatic carbocycles. The van der Waals surface area contributed by atoms with Gasteiger partial charge in [-0.3, -0.25) is 9.47 Å². The smallest absolute Gasteiger partial charge is 0.402 e. The van der Waals surface area contributed by atoms with Crippen molar-refractivity contribution in [2.45, 2.75) is 6.16 Å². The van der Waals surface area contributed by atoms with Crippen molar-refractivity contribution >= 4 is 11.8 Å². The van der Waals surface area contributed by atoms with E-state index in [1.54, 1.807) is 18.2 Å². The molecule has 2 aliphatic heterocycles. The minimum Gasteiger partial charge on any atom is -0.402 e. The molecule has 1 saturated heterocycles. The molecule has 1 spiro atoms. The molecule has 0 unspecified atom stereocenters. The van der Waals surface area contributed by atoms with E-state index in [2.05, 4.69) is 4.99 Å². The third-order valence-corrected chi connectivity index (χ3v) is 2.04. The van der Waals surface area contributed by atoms with Crippen molar-refractivity contribution in [1.82, 2.24) is 0 Å². The Labute approximate surface area is 84.0 Å². The normalized spacial score (nSPS) is 19.5. The Bertz CT molecular complexity index is 462. The van der Waals surface area contributed by atoms with Crippen LogP contribution in [0, 0.1) is 0 Å². The van der Waals surface area contributed by atoms with Gasteiger partial charge in [-0.15, -0.1) is 0 Å². The van der Waals surface area contributed by atoms with Crippen LogP contribution in [-0.4, -0.2) is 19.0 Å². The Kier molecular flexibility index (Phi) is 1.58. The number of isocyanates is 1. The van der Waals surface area contributed by atoms with E-state index in [9.17, 15) is 4.79 Å². The Morgan fingerprint density at radius 3 is 2.73 bits per heavy atom. The third-order valence-electron chi connectivity index (χ3n) is 2.04. The summed E-state index contributed by atoms with van der Waals surface area (Å²) in [6.45, 7) is 0.132. The van der Waals surface area contributed by atoms with Gasteiger partial charge in [-0.05, 0) is 12.1 Å². The fourth-order valence-electron chi connectivity index (χ4n) is 1.35. The van der Waals surface area contributed by atoms with Gasteiger partial charge in [0.05, 0.1) is 5.69 Å². The average Bonchev–Trinajstić information content (AvgIpc) is 2.56. The van der Waals surface area contributed by atoms with Crippen LogP contribution in [0.25, 0.3) is 0 Å². The average molecular weight is 207 g/mol. The number of hydrogen-bond donors (Lipinski definition) is 0. The summed E-state index contributed by atoms with van der Waals surface area (Å²) in [4.78, 5) is 13.5. The van der Waals surface area contributed by atoms with Gasteiger partial charge in [-0.1, -0.05) is 0 Å². The predicted octanol–water partition coefficient (Wildman–Crippen LogP) is 1.04. The van der Waals surface area contributed by atoms with Gasteiger partial charge >= 0.3 is 6.16 Å². The van der Waals surface area contributed by atoms with Crippen LogP contribution in [0.3, 0.4) is 0 Å². The minimum atomic E-state index is -1.42. The zero-order valence-electron chi connectivity index (χ0n) is 7.43. The second kappa shape index (κ2) is 2.80. The number of fused-ring (bicyclic) bond motifs is 1. The van der Waals surface area contributed by atoms with Crippen LogP contribution in [0.15, 0.2) is 23.2 Å². The van der Waals surface area contributed by atoms with E-state index in [4.69, 9.17) is 18.9 Å². The lowest BCUT2D eigenvalue weighted by molar-refractivity contribution is -0.540. The second-order valence-corrected chi connectivity index (χ2v) is 2.94. The minimum absolute atomic E-state index is 0.132. The molecular weight excluding hydrogens is 202 g/mol. The van der Waals surface area contributed by atoms with Gasteiger partial charge in [0.15, 0.2) is 18.3 Å². The van der Waals surface area contributed by atoms with Crippen molar-refractivity contribution in [3.05, 3.63) is 18.2 Å². The largest absolute Gasteiger partial charge is 0.514 e. The summed E-state index contributed by atoms with van der Waals surface area (Å²) in [5.41, 5.74) is 0.434. The number of hydrogen-bond acceptors (Lipinski definition) is 6. The quantitative estimate of drug-likeness (QED) is 0.508. The molecule has 2 aliphatic rings. The molecule has 0 saturated carbocycles. The molecule has 1 aromatic rings. The Morgan fingerprint density at radius 1 is 1.27 bits per heavy atom. The van der Waals surface area contributed by atoms with Crippen molar-refractivity contribution in [2.24, 2.45) is 4.99 Å². The van der Waals surface area contributed by atoms with Crippen molar-refractivity contribution in [3.8, 4) is 11.5 Å². The first kappa shape index (κ1) is 8.43. The first-order valence-electron chi connectivity index (χ1n) is 4.19. The SMILES string of the molecule is O=C=Nc1ccc2c(c1)OC1(OCO1)O2. The zero-order valence-corrected chi connectivity index (χ0v) is 7.43. The monoisotopic (exact) mass is 207 g/mol. The van der Waals surface area contributed by atoms with E-state index in [0.717, 1.165) is 0 Å². The number of aliphatic imine (C=N–C) groups is 1. The van der Waals surface area contributed by atoms with Crippen molar-refractivity contribution in [1.29, 1.82) is 0 Å². The van der Waals surface area contributed by atoms with Gasteiger partial charge in [-0.25, -0.2) is 4.79 Å². The standard InChI is InChI=1S/C9H5NO5/c11-4-10-6-1-2-7-8(3-6)15-9(14-7)12-5-13-9/h1-3H,5H2. The zero-order chi connectivity index (χ0) is 10.3. The highest BCUT2D eigenvalue weighted by atomic mass is 17.1. The molecule has 15 heavy (non-hydrogen) atoms. The van der Waals surface area contributed by atoms with Gasteiger partial charge in [0, 0.05) is 6.07 Å². The molecule has 2 heterocycles. The van der Waals surface area contributed by atoms with E-state index >= 15 is 0 Å². The van der Waals surface area contributed by atoms with Crippen LogP contribution in [0.4, 0.5) is 5.69 Å². The third kappa shape index (κ3) is 1.20. The summed E-state index contributed by atoms with van der Waals surface area (Å²) in [7, 11) is 0. The summed E-state index contributed by atoms with van der Waals surface area (Å²) in [6, 6.07) is 4.76. The number of benzene rings is 1. The Hall–Kier alpha value is -1.88. The lowest BCUT2D eigenvalue weighted by atomic mass is 10.3. The maximum absolute atomic E-state index is 10.1.